The van der Waals surface area contributed by atoms with Crippen LogP contribution in [0.2, 0.25) is 0 Å². The molecule has 2 aliphatic heterocycles. The summed E-state index contributed by atoms with van der Waals surface area (Å²) in [7, 11) is 0. The lowest BCUT2D eigenvalue weighted by Crippen LogP contribution is -2.59. The van der Waals surface area contributed by atoms with Crippen molar-refractivity contribution in [2.45, 2.75) is 155 Å². The van der Waals surface area contributed by atoms with Crippen molar-refractivity contribution in [3.63, 3.8) is 0 Å². The van der Waals surface area contributed by atoms with Crippen LogP contribution in [0.3, 0.4) is 0 Å². The van der Waals surface area contributed by atoms with Crippen molar-refractivity contribution >= 4 is 57.2 Å². The largest absolute Gasteiger partial charge is 0.458 e. The third-order valence-corrected chi connectivity index (χ3v) is 16.2. The van der Waals surface area contributed by atoms with Gasteiger partial charge in [-0.05, 0) is 150 Å². The fourth-order valence-electron chi connectivity index (χ4n) is 11.8. The fraction of sp³-hybridized carbons (Fsp3) is 0.400. The lowest BCUT2D eigenvalue weighted by molar-refractivity contribution is 0.317. The van der Waals surface area contributed by atoms with Crippen LogP contribution in [0.5, 0.6) is 11.5 Å². The number of para-hydroxylation sites is 1. The Hall–Kier alpha value is -5.50. The number of halogens is 4. The molecule has 6 aromatic carbocycles. The SMILES string of the molecule is CC(C)(C)c1ccc(N2c3ccc(C(C)(C)C)cc3B3c4ccccc4Oc4cc(N(c5c(F)cc6c(c5F)C(C)(C)CCC6(C)C)c5c(F)cc6c(c5F)C(C)(C)CCC6(C)C)cc2c43)cc1. The predicted molar refractivity (Wildman–Crippen MR) is 275 cm³/mol. The maximum atomic E-state index is 18.4. The van der Waals surface area contributed by atoms with Gasteiger partial charge in [-0.2, -0.15) is 0 Å². The summed E-state index contributed by atoms with van der Waals surface area (Å²) in [5.41, 5.74) is 5.97. The van der Waals surface area contributed by atoms with Gasteiger partial charge >= 0.3 is 0 Å². The average Bonchev–Trinajstić information content (AvgIpc) is 3.24. The van der Waals surface area contributed by atoms with Crippen molar-refractivity contribution in [2.75, 3.05) is 9.80 Å². The van der Waals surface area contributed by atoms with Crippen molar-refractivity contribution in [2.24, 2.45) is 0 Å². The van der Waals surface area contributed by atoms with Gasteiger partial charge in [-0.15, -0.1) is 0 Å². The number of ether oxygens (including phenoxy) is 1. The van der Waals surface area contributed by atoms with Gasteiger partial charge in [0.25, 0.3) is 6.71 Å². The smallest absolute Gasteiger partial charge is 0.256 e. The molecule has 10 rings (SSSR count). The summed E-state index contributed by atoms with van der Waals surface area (Å²) in [4.78, 5) is 3.37. The van der Waals surface area contributed by atoms with E-state index in [0.717, 1.165) is 46.2 Å². The monoisotopic (exact) mass is 917 g/mol. The van der Waals surface area contributed by atoms with Crippen LogP contribution >= 0.6 is 0 Å². The Bertz CT molecular complexity index is 2990. The van der Waals surface area contributed by atoms with Gasteiger partial charge in [0.1, 0.15) is 22.9 Å². The van der Waals surface area contributed by atoms with Gasteiger partial charge in [0.2, 0.25) is 0 Å². The van der Waals surface area contributed by atoms with E-state index < -0.39 is 56.3 Å². The molecule has 0 N–H and O–H groups in total. The molecule has 0 atom stereocenters. The lowest BCUT2D eigenvalue weighted by atomic mass is 9.34. The van der Waals surface area contributed by atoms with E-state index in [1.165, 1.54) is 22.6 Å². The van der Waals surface area contributed by atoms with Gasteiger partial charge in [0.05, 0.1) is 5.69 Å². The van der Waals surface area contributed by atoms with Crippen LogP contribution in [0.15, 0.2) is 91.0 Å². The van der Waals surface area contributed by atoms with Gasteiger partial charge in [0.15, 0.2) is 23.3 Å². The minimum absolute atomic E-state index is 0.109. The van der Waals surface area contributed by atoms with E-state index in [-0.39, 0.29) is 23.2 Å². The Kier molecular flexibility index (Phi) is 10.2. The first-order valence-corrected chi connectivity index (χ1v) is 24.5. The van der Waals surface area contributed by atoms with E-state index in [4.69, 9.17) is 4.74 Å². The van der Waals surface area contributed by atoms with Crippen LogP contribution in [-0.2, 0) is 32.5 Å². The highest BCUT2D eigenvalue weighted by Crippen LogP contribution is 2.56. The van der Waals surface area contributed by atoms with E-state index in [0.29, 0.717) is 52.3 Å². The number of hydrogen-bond donors (Lipinski definition) is 0. The van der Waals surface area contributed by atoms with Crippen LogP contribution in [0.4, 0.5) is 51.7 Å². The first-order valence-electron chi connectivity index (χ1n) is 24.5. The maximum absolute atomic E-state index is 18.4. The zero-order chi connectivity index (χ0) is 49.0. The molecule has 2 aliphatic carbocycles. The summed E-state index contributed by atoms with van der Waals surface area (Å²) in [6.45, 7) is 28.8. The predicted octanol–water partition coefficient (Wildman–Crippen LogP) is 15.4. The van der Waals surface area contributed by atoms with E-state index in [9.17, 15) is 0 Å². The molecule has 4 aliphatic rings. The molecule has 0 aromatic heterocycles. The summed E-state index contributed by atoms with van der Waals surface area (Å²) in [6.07, 6.45) is 2.76. The van der Waals surface area contributed by atoms with Crippen molar-refractivity contribution < 1.29 is 22.3 Å². The molecule has 352 valence electrons. The summed E-state index contributed by atoms with van der Waals surface area (Å²) >= 11 is 0. The van der Waals surface area contributed by atoms with Crippen LogP contribution < -0.4 is 30.9 Å². The van der Waals surface area contributed by atoms with E-state index in [1.807, 2.05) is 79.7 Å². The van der Waals surface area contributed by atoms with Crippen molar-refractivity contribution in [3.8, 4) is 11.5 Å². The van der Waals surface area contributed by atoms with Crippen LogP contribution in [0.1, 0.15) is 156 Å². The second-order valence-electron chi connectivity index (χ2n) is 24.9. The molecule has 0 bridgehead atoms. The van der Waals surface area contributed by atoms with E-state index >= 15 is 17.6 Å². The Morgan fingerprint density at radius 1 is 0.529 bits per heavy atom. The first-order chi connectivity index (χ1) is 31.6. The number of benzene rings is 6. The second-order valence-corrected chi connectivity index (χ2v) is 24.9. The average molecular weight is 917 g/mol. The van der Waals surface area contributed by atoms with Crippen LogP contribution in [0, 0.1) is 23.3 Å². The number of anilines is 6. The Balaban J connectivity index is 1.34. The van der Waals surface area contributed by atoms with Crippen molar-refractivity contribution in [1.29, 1.82) is 0 Å². The highest BCUT2D eigenvalue weighted by Gasteiger charge is 2.47. The molecule has 0 radical (unpaired) electrons. The van der Waals surface area contributed by atoms with Crippen LogP contribution in [-0.4, -0.2) is 6.71 Å². The molecular formula is C60H65BF4N2O. The molecule has 68 heavy (non-hydrogen) atoms. The van der Waals surface area contributed by atoms with Gasteiger partial charge in [-0.25, -0.2) is 17.6 Å². The van der Waals surface area contributed by atoms with Gasteiger partial charge < -0.3 is 9.64 Å². The highest BCUT2D eigenvalue weighted by atomic mass is 19.1. The molecule has 0 saturated heterocycles. The molecule has 3 nitrogen and oxygen atoms in total. The normalized spacial score (nSPS) is 18.1. The summed E-state index contributed by atoms with van der Waals surface area (Å²) in [5, 5.41) is 0. The molecular weight excluding hydrogens is 851 g/mol. The van der Waals surface area contributed by atoms with Crippen LogP contribution in [0.25, 0.3) is 0 Å². The Labute approximate surface area is 402 Å². The van der Waals surface area contributed by atoms with E-state index in [2.05, 4.69) is 95.0 Å². The number of hydrogen-bond acceptors (Lipinski definition) is 3. The number of rotatable bonds is 4. The number of fused-ring (bicyclic) bond motifs is 6. The third-order valence-electron chi connectivity index (χ3n) is 16.2. The first kappa shape index (κ1) is 46.2. The van der Waals surface area contributed by atoms with E-state index in [1.54, 1.807) is 6.07 Å². The minimum Gasteiger partial charge on any atom is -0.458 e. The summed E-state index contributed by atoms with van der Waals surface area (Å²) in [6, 6.07) is 29.5. The molecule has 0 saturated carbocycles. The molecule has 2 heterocycles. The molecule has 0 fully saturated rings. The highest BCUT2D eigenvalue weighted by molar-refractivity contribution is 6.99. The lowest BCUT2D eigenvalue weighted by Gasteiger charge is -2.44. The fourth-order valence-corrected chi connectivity index (χ4v) is 11.8. The number of nitrogens with zero attached hydrogens (tertiary/aromatic N) is 2. The van der Waals surface area contributed by atoms with Gasteiger partial charge in [-0.3, -0.25) is 4.90 Å². The Morgan fingerprint density at radius 2 is 1.03 bits per heavy atom. The standard InChI is InChI=1S/C60H65BF4N2O/c1-55(2,3)34-19-22-36(23-20-34)66-44-24-21-35(56(4,5)6)29-41(44)61-40-17-15-16-18-46(40)68-47-31-37(30-45(66)50(47)61)67(53-42(62)32-38-48(51(53)64)59(11,12)27-25-57(38,7)8)54-43(63)33-39-49(52(54)65)60(13,14)28-26-58(39,9)10/h15-24,29-33H,25-28H2,1-14H3. The topological polar surface area (TPSA) is 15.7 Å². The molecule has 0 unspecified atom stereocenters. The van der Waals surface area contributed by atoms with Crippen molar-refractivity contribution in [1.82, 2.24) is 0 Å². The van der Waals surface area contributed by atoms with Gasteiger partial charge in [-0.1, -0.05) is 139 Å². The maximum Gasteiger partial charge on any atom is 0.256 e. The third kappa shape index (κ3) is 7.04. The molecule has 0 amide bonds. The van der Waals surface area contributed by atoms with Crippen molar-refractivity contribution in [3.05, 3.63) is 148 Å². The minimum atomic E-state index is -0.895. The summed E-state index contributed by atoms with van der Waals surface area (Å²) in [5.74, 6) is -2.35. The second kappa shape index (κ2) is 15.0. The Morgan fingerprint density at radius 3 is 1.56 bits per heavy atom. The molecule has 0 spiro atoms. The van der Waals surface area contributed by atoms with Gasteiger partial charge in [0, 0.05) is 23.1 Å². The quantitative estimate of drug-likeness (QED) is 0.129. The molecule has 8 heteroatoms. The zero-order valence-electron chi connectivity index (χ0n) is 42.4. The zero-order valence-corrected chi connectivity index (χ0v) is 42.4. The summed E-state index contributed by atoms with van der Waals surface area (Å²) < 4.78 is 79.2. The molecule has 6 aromatic rings.